The number of aromatic amines is 1. The molecule has 0 saturated carbocycles. The second-order valence-electron chi connectivity index (χ2n) is 5.93. The van der Waals surface area contributed by atoms with Gasteiger partial charge in [-0.2, -0.15) is 4.98 Å². The van der Waals surface area contributed by atoms with Gasteiger partial charge in [0.2, 0.25) is 5.95 Å². The highest BCUT2D eigenvalue weighted by molar-refractivity contribution is 6.32. The molecule has 2 aromatic heterocycles. The Hall–Kier alpha value is -3.38. The van der Waals surface area contributed by atoms with E-state index in [1.807, 2.05) is 37.3 Å². The van der Waals surface area contributed by atoms with Crippen LogP contribution in [0, 0.1) is 6.92 Å². The van der Waals surface area contributed by atoms with Crippen LogP contribution >= 0.6 is 11.6 Å². The van der Waals surface area contributed by atoms with E-state index in [-0.39, 0.29) is 0 Å². The number of H-pyrrole nitrogens is 1. The van der Waals surface area contributed by atoms with Crippen LogP contribution in [0.3, 0.4) is 0 Å². The van der Waals surface area contributed by atoms with Crippen LogP contribution in [0.2, 0.25) is 5.02 Å². The van der Waals surface area contributed by atoms with Crippen molar-refractivity contribution in [2.24, 2.45) is 0 Å². The van der Waals surface area contributed by atoms with Crippen molar-refractivity contribution < 1.29 is 4.74 Å². The Morgan fingerprint density at radius 2 is 1.89 bits per heavy atom. The zero-order chi connectivity index (χ0) is 18.6. The Kier molecular flexibility index (Phi) is 4.72. The summed E-state index contributed by atoms with van der Waals surface area (Å²) in [5, 5.41) is 10.8. The van der Waals surface area contributed by atoms with E-state index in [0.717, 1.165) is 16.8 Å². The molecule has 0 unspecified atom stereocenters. The fourth-order valence-electron chi connectivity index (χ4n) is 2.56. The summed E-state index contributed by atoms with van der Waals surface area (Å²) in [6.45, 7) is 2.03. The molecule has 134 valence electrons. The first kappa shape index (κ1) is 17.1. The molecule has 2 heterocycles. The van der Waals surface area contributed by atoms with Gasteiger partial charge in [0.25, 0.3) is 0 Å². The van der Waals surface area contributed by atoms with Crippen LogP contribution in [0.25, 0.3) is 11.4 Å². The molecule has 2 N–H and O–H groups in total. The highest BCUT2D eigenvalue weighted by Gasteiger charge is 2.10. The van der Waals surface area contributed by atoms with Crippen molar-refractivity contribution >= 4 is 23.2 Å². The maximum Gasteiger partial charge on any atom is 0.246 e. The Morgan fingerprint density at radius 1 is 1.04 bits per heavy atom. The maximum absolute atomic E-state index is 6.36. The first-order valence-corrected chi connectivity index (χ1v) is 8.69. The van der Waals surface area contributed by atoms with Crippen LogP contribution in [0.1, 0.15) is 5.56 Å². The molecule has 0 bridgehead atoms. The van der Waals surface area contributed by atoms with Crippen molar-refractivity contribution in [3.8, 4) is 22.9 Å². The number of pyridine rings is 1. The first-order valence-electron chi connectivity index (χ1n) is 8.31. The Morgan fingerprint density at radius 3 is 2.67 bits per heavy atom. The Labute approximate surface area is 161 Å². The van der Waals surface area contributed by atoms with E-state index in [1.54, 1.807) is 36.7 Å². The lowest BCUT2D eigenvalue weighted by molar-refractivity contribution is 0.482. The number of rotatable bonds is 5. The number of nitrogens with zero attached hydrogens (tertiary/aromatic N) is 3. The van der Waals surface area contributed by atoms with Gasteiger partial charge in [-0.05, 0) is 55.0 Å². The number of anilines is 2. The molecule has 0 radical (unpaired) electrons. The van der Waals surface area contributed by atoms with E-state index in [1.165, 1.54) is 0 Å². The van der Waals surface area contributed by atoms with Crippen molar-refractivity contribution in [1.29, 1.82) is 0 Å². The fourth-order valence-corrected chi connectivity index (χ4v) is 2.78. The highest BCUT2D eigenvalue weighted by Crippen LogP contribution is 2.32. The van der Waals surface area contributed by atoms with E-state index < -0.39 is 0 Å². The second-order valence-corrected chi connectivity index (χ2v) is 6.34. The summed E-state index contributed by atoms with van der Waals surface area (Å²) in [4.78, 5) is 8.44. The van der Waals surface area contributed by atoms with Gasteiger partial charge < -0.3 is 10.1 Å². The molecule has 4 rings (SSSR count). The van der Waals surface area contributed by atoms with Crippen molar-refractivity contribution in [3.05, 3.63) is 77.6 Å². The minimum absolute atomic E-state index is 0.480. The Balaban J connectivity index is 1.52. The van der Waals surface area contributed by atoms with E-state index in [9.17, 15) is 0 Å². The van der Waals surface area contributed by atoms with Crippen LogP contribution in [-0.2, 0) is 0 Å². The number of aryl methyl sites for hydroxylation is 1. The minimum Gasteiger partial charge on any atom is -0.456 e. The van der Waals surface area contributed by atoms with Crippen LogP contribution in [0.15, 0.2) is 67.0 Å². The van der Waals surface area contributed by atoms with Crippen LogP contribution in [0.4, 0.5) is 11.6 Å². The van der Waals surface area contributed by atoms with E-state index in [0.29, 0.717) is 28.3 Å². The van der Waals surface area contributed by atoms with Crippen molar-refractivity contribution in [2.75, 3.05) is 5.32 Å². The average molecular weight is 378 g/mol. The van der Waals surface area contributed by atoms with E-state index in [4.69, 9.17) is 16.3 Å². The molecule has 0 amide bonds. The first-order chi connectivity index (χ1) is 13.2. The summed E-state index contributed by atoms with van der Waals surface area (Å²) in [6.07, 6.45) is 3.32. The van der Waals surface area contributed by atoms with Gasteiger partial charge in [0, 0.05) is 23.6 Å². The lowest BCUT2D eigenvalue weighted by Crippen LogP contribution is -1.92. The molecule has 0 aliphatic heterocycles. The van der Waals surface area contributed by atoms with Gasteiger partial charge in [0.1, 0.15) is 11.5 Å². The summed E-state index contributed by atoms with van der Waals surface area (Å²) in [5.74, 6) is 2.33. The number of halogens is 1. The van der Waals surface area contributed by atoms with Gasteiger partial charge in [-0.25, -0.2) is 0 Å². The van der Waals surface area contributed by atoms with Gasteiger partial charge in [-0.3, -0.25) is 10.1 Å². The largest absolute Gasteiger partial charge is 0.456 e. The number of aromatic nitrogens is 4. The maximum atomic E-state index is 6.36. The zero-order valence-electron chi connectivity index (χ0n) is 14.5. The molecule has 4 aromatic rings. The summed E-state index contributed by atoms with van der Waals surface area (Å²) in [6, 6.07) is 17.0. The number of nitrogens with one attached hydrogen (secondary N) is 2. The normalized spacial score (nSPS) is 10.6. The number of ether oxygens (including phenoxy) is 1. The molecule has 6 nitrogen and oxygen atoms in total. The molecule has 7 heteroatoms. The van der Waals surface area contributed by atoms with Gasteiger partial charge in [-0.1, -0.05) is 23.7 Å². The molecule has 0 spiro atoms. The van der Waals surface area contributed by atoms with Gasteiger partial charge in [0.05, 0.1) is 5.02 Å². The smallest absolute Gasteiger partial charge is 0.246 e. The fraction of sp³-hybridized carbons (Fsp3) is 0.0500. The topological polar surface area (TPSA) is 75.7 Å². The summed E-state index contributed by atoms with van der Waals surface area (Å²) in [5.41, 5.74) is 2.90. The monoisotopic (exact) mass is 377 g/mol. The van der Waals surface area contributed by atoms with Gasteiger partial charge >= 0.3 is 0 Å². The van der Waals surface area contributed by atoms with Crippen molar-refractivity contribution in [3.63, 3.8) is 0 Å². The summed E-state index contributed by atoms with van der Waals surface area (Å²) >= 11 is 6.36. The third-order valence-corrected chi connectivity index (χ3v) is 4.14. The predicted octanol–water partition coefficient (Wildman–Crippen LogP) is 5.36. The molecule has 0 aliphatic carbocycles. The quantitative estimate of drug-likeness (QED) is 0.489. The molecule has 27 heavy (non-hydrogen) atoms. The summed E-state index contributed by atoms with van der Waals surface area (Å²) in [7, 11) is 0. The molecular formula is C20H16ClN5O. The third-order valence-electron chi connectivity index (χ3n) is 3.84. The molecule has 0 saturated heterocycles. The molecule has 0 atom stereocenters. The lowest BCUT2D eigenvalue weighted by atomic mass is 10.2. The highest BCUT2D eigenvalue weighted by atomic mass is 35.5. The third kappa shape index (κ3) is 4.07. The average Bonchev–Trinajstić information content (AvgIpc) is 3.13. The van der Waals surface area contributed by atoms with Gasteiger partial charge in [0.15, 0.2) is 5.82 Å². The number of hydrogen-bond acceptors (Lipinski definition) is 5. The minimum atomic E-state index is 0.480. The van der Waals surface area contributed by atoms with Crippen molar-refractivity contribution in [2.45, 2.75) is 6.92 Å². The molecular weight excluding hydrogens is 362 g/mol. The number of hydrogen-bond donors (Lipinski definition) is 2. The molecule has 0 fully saturated rings. The van der Waals surface area contributed by atoms with Gasteiger partial charge in [-0.15, -0.1) is 5.10 Å². The second kappa shape index (κ2) is 7.47. The lowest BCUT2D eigenvalue weighted by Gasteiger charge is -2.08. The van der Waals surface area contributed by atoms with Crippen LogP contribution in [0.5, 0.6) is 11.5 Å². The van der Waals surface area contributed by atoms with Crippen LogP contribution < -0.4 is 10.1 Å². The van der Waals surface area contributed by atoms with E-state index in [2.05, 4.69) is 25.5 Å². The SMILES string of the molecule is Cc1cccc(Nc2n[nH]c(-c3ccc(Oc4ccncc4)c(Cl)c3)n2)c1. The molecule has 0 aliphatic rings. The van der Waals surface area contributed by atoms with Crippen molar-refractivity contribution in [1.82, 2.24) is 20.2 Å². The molecule has 2 aromatic carbocycles. The summed E-state index contributed by atoms with van der Waals surface area (Å²) < 4.78 is 5.76. The predicted molar refractivity (Wildman–Crippen MR) is 106 cm³/mol. The standard InChI is InChI=1S/C20H16ClN5O/c1-13-3-2-4-15(11-13)23-20-24-19(25-26-20)14-5-6-18(17(21)12-14)27-16-7-9-22-10-8-16/h2-12H,1H3,(H2,23,24,25,26). The van der Waals surface area contributed by atoms with Crippen LogP contribution in [-0.4, -0.2) is 20.2 Å². The zero-order valence-corrected chi connectivity index (χ0v) is 15.2. The Bertz CT molecular complexity index is 1060. The number of benzene rings is 2. The van der Waals surface area contributed by atoms with E-state index >= 15 is 0 Å².